The number of aromatic amines is 1. The summed E-state index contributed by atoms with van der Waals surface area (Å²) >= 11 is 0. The Hall–Kier alpha value is -2.43. The molecule has 0 unspecified atom stereocenters. The fourth-order valence-corrected chi connectivity index (χ4v) is 1.54. The average molecular weight is 230 g/mol. The van der Waals surface area contributed by atoms with Gasteiger partial charge in [0.1, 0.15) is 0 Å². The topological polar surface area (TPSA) is 71.9 Å². The van der Waals surface area contributed by atoms with Gasteiger partial charge >= 0.3 is 5.69 Å². The molecule has 0 fully saturated rings. The van der Waals surface area contributed by atoms with Gasteiger partial charge in [0.15, 0.2) is 5.78 Å². The Kier molecular flexibility index (Phi) is 2.74. The highest BCUT2D eigenvalue weighted by atomic mass is 16.2. The number of rotatable bonds is 2. The predicted octanol–water partition coefficient (Wildman–Crippen LogP) is 0.728. The Morgan fingerprint density at radius 3 is 2.41 bits per heavy atom. The van der Waals surface area contributed by atoms with E-state index in [0.717, 1.165) is 10.8 Å². The van der Waals surface area contributed by atoms with Crippen LogP contribution < -0.4 is 11.2 Å². The average Bonchev–Trinajstić information content (AvgIpc) is 2.30. The maximum Gasteiger partial charge on any atom is 0.333 e. The van der Waals surface area contributed by atoms with Crippen LogP contribution in [-0.2, 0) is 0 Å². The summed E-state index contributed by atoms with van der Waals surface area (Å²) < 4.78 is 0.941. The minimum absolute atomic E-state index is 0.0338. The molecule has 0 spiro atoms. The molecule has 0 radical (unpaired) electrons. The molecular formula is C12H10N2O3. The first-order valence-corrected chi connectivity index (χ1v) is 5.02. The molecule has 0 atom stereocenters. The molecule has 0 bridgehead atoms. The van der Waals surface area contributed by atoms with Gasteiger partial charge in [0.25, 0.3) is 5.56 Å². The molecule has 0 saturated heterocycles. The molecule has 0 saturated carbocycles. The third kappa shape index (κ3) is 1.94. The standard InChI is InChI=1S/C12H10N2O3/c1-8(15)10-7-13-12(17)14(11(10)16)9-5-3-2-4-6-9/h2-7H,1H3,(H,13,17). The second kappa shape index (κ2) is 4.21. The Bertz CT molecular complexity index is 668. The zero-order chi connectivity index (χ0) is 12.4. The van der Waals surface area contributed by atoms with Crippen molar-refractivity contribution in [3.05, 3.63) is 62.9 Å². The number of nitrogens with one attached hydrogen (secondary N) is 1. The molecule has 0 amide bonds. The van der Waals surface area contributed by atoms with Gasteiger partial charge in [-0.15, -0.1) is 0 Å². The van der Waals surface area contributed by atoms with Crippen LogP contribution in [0, 0.1) is 0 Å². The number of carbonyl (C=O) groups excluding carboxylic acids is 1. The quantitative estimate of drug-likeness (QED) is 0.773. The zero-order valence-electron chi connectivity index (χ0n) is 9.14. The molecule has 0 aliphatic carbocycles. The van der Waals surface area contributed by atoms with Crippen molar-refractivity contribution in [2.24, 2.45) is 0 Å². The number of hydrogen-bond donors (Lipinski definition) is 1. The van der Waals surface area contributed by atoms with Crippen LogP contribution in [0.1, 0.15) is 17.3 Å². The molecule has 5 heteroatoms. The number of carbonyl (C=O) groups is 1. The van der Waals surface area contributed by atoms with E-state index in [0.29, 0.717) is 5.69 Å². The summed E-state index contributed by atoms with van der Waals surface area (Å²) in [4.78, 5) is 37.2. The highest BCUT2D eigenvalue weighted by Gasteiger charge is 2.11. The number of aromatic nitrogens is 2. The SMILES string of the molecule is CC(=O)c1c[nH]c(=O)n(-c2ccccc2)c1=O. The van der Waals surface area contributed by atoms with Crippen molar-refractivity contribution in [1.29, 1.82) is 0 Å². The third-order valence-electron chi connectivity index (χ3n) is 2.37. The van der Waals surface area contributed by atoms with Gasteiger partial charge in [0, 0.05) is 6.20 Å². The molecule has 1 aromatic heterocycles. The summed E-state index contributed by atoms with van der Waals surface area (Å²) in [5.41, 5.74) is -0.769. The van der Waals surface area contributed by atoms with Crippen LogP contribution in [-0.4, -0.2) is 15.3 Å². The predicted molar refractivity (Wildman–Crippen MR) is 62.7 cm³/mol. The molecule has 86 valence electrons. The maximum atomic E-state index is 12.0. The van der Waals surface area contributed by atoms with E-state index in [-0.39, 0.29) is 11.3 Å². The first-order valence-electron chi connectivity index (χ1n) is 5.02. The van der Waals surface area contributed by atoms with Gasteiger partial charge in [0.2, 0.25) is 0 Å². The van der Waals surface area contributed by atoms with E-state index in [1.54, 1.807) is 30.3 Å². The van der Waals surface area contributed by atoms with Gasteiger partial charge in [-0.05, 0) is 19.1 Å². The summed E-state index contributed by atoms with van der Waals surface area (Å²) in [7, 11) is 0. The smallest absolute Gasteiger partial charge is 0.313 e. The lowest BCUT2D eigenvalue weighted by atomic mass is 10.2. The number of benzene rings is 1. The molecule has 0 aliphatic rings. The van der Waals surface area contributed by atoms with Crippen LogP contribution in [0.4, 0.5) is 0 Å². The number of nitrogens with zero attached hydrogens (tertiary/aromatic N) is 1. The number of para-hydroxylation sites is 1. The first-order chi connectivity index (χ1) is 8.11. The van der Waals surface area contributed by atoms with E-state index in [9.17, 15) is 14.4 Å². The summed E-state index contributed by atoms with van der Waals surface area (Å²) in [5.74, 6) is -0.379. The highest BCUT2D eigenvalue weighted by molar-refractivity contribution is 5.93. The van der Waals surface area contributed by atoms with Gasteiger partial charge < -0.3 is 4.98 Å². The summed E-state index contributed by atoms with van der Waals surface area (Å²) in [6, 6.07) is 8.45. The molecule has 1 N–H and O–H groups in total. The largest absolute Gasteiger partial charge is 0.333 e. The number of H-pyrrole nitrogens is 1. The van der Waals surface area contributed by atoms with Crippen molar-refractivity contribution in [1.82, 2.24) is 9.55 Å². The van der Waals surface area contributed by atoms with Gasteiger partial charge in [-0.1, -0.05) is 18.2 Å². The molecule has 1 aromatic carbocycles. The summed E-state index contributed by atoms with van der Waals surface area (Å²) in [5, 5.41) is 0. The summed E-state index contributed by atoms with van der Waals surface area (Å²) in [6.45, 7) is 1.28. The summed E-state index contributed by atoms with van der Waals surface area (Å²) in [6.07, 6.45) is 1.15. The van der Waals surface area contributed by atoms with E-state index < -0.39 is 11.2 Å². The molecule has 17 heavy (non-hydrogen) atoms. The van der Waals surface area contributed by atoms with E-state index in [2.05, 4.69) is 4.98 Å². The van der Waals surface area contributed by atoms with Crippen molar-refractivity contribution in [2.45, 2.75) is 6.92 Å². The van der Waals surface area contributed by atoms with Gasteiger partial charge in [-0.2, -0.15) is 0 Å². The molecular weight excluding hydrogens is 220 g/mol. The molecule has 5 nitrogen and oxygen atoms in total. The maximum absolute atomic E-state index is 12.0. The Morgan fingerprint density at radius 1 is 1.18 bits per heavy atom. The monoisotopic (exact) mass is 230 g/mol. The highest BCUT2D eigenvalue weighted by Crippen LogP contribution is 2.01. The van der Waals surface area contributed by atoms with Crippen molar-refractivity contribution >= 4 is 5.78 Å². The number of Topliss-reactive ketones (excluding diaryl/α,β-unsaturated/α-hetero) is 1. The van der Waals surface area contributed by atoms with Gasteiger partial charge in [-0.3, -0.25) is 9.59 Å². The van der Waals surface area contributed by atoms with Crippen molar-refractivity contribution < 1.29 is 4.79 Å². The van der Waals surface area contributed by atoms with E-state index in [1.165, 1.54) is 6.92 Å². The zero-order valence-corrected chi connectivity index (χ0v) is 9.14. The fourth-order valence-electron chi connectivity index (χ4n) is 1.54. The Balaban J connectivity index is 2.79. The van der Waals surface area contributed by atoms with Crippen LogP contribution in [0.15, 0.2) is 46.1 Å². The van der Waals surface area contributed by atoms with E-state index in [1.807, 2.05) is 0 Å². The van der Waals surface area contributed by atoms with Crippen LogP contribution in [0.3, 0.4) is 0 Å². The molecule has 1 heterocycles. The minimum Gasteiger partial charge on any atom is -0.313 e. The van der Waals surface area contributed by atoms with Crippen LogP contribution >= 0.6 is 0 Å². The van der Waals surface area contributed by atoms with Crippen LogP contribution in [0.25, 0.3) is 5.69 Å². The Labute approximate surface area is 96.4 Å². The van der Waals surface area contributed by atoms with Gasteiger partial charge in [-0.25, -0.2) is 9.36 Å². The third-order valence-corrected chi connectivity index (χ3v) is 2.37. The second-order valence-electron chi connectivity index (χ2n) is 3.54. The lowest BCUT2D eigenvalue weighted by Gasteiger charge is -2.04. The fraction of sp³-hybridized carbons (Fsp3) is 0.0833. The molecule has 2 rings (SSSR count). The lowest BCUT2D eigenvalue weighted by Crippen LogP contribution is -2.36. The minimum atomic E-state index is -0.604. The lowest BCUT2D eigenvalue weighted by molar-refractivity contribution is 0.101. The number of ketones is 1. The number of hydrogen-bond acceptors (Lipinski definition) is 3. The van der Waals surface area contributed by atoms with Crippen molar-refractivity contribution in [2.75, 3.05) is 0 Å². The van der Waals surface area contributed by atoms with E-state index >= 15 is 0 Å². The van der Waals surface area contributed by atoms with Crippen molar-refractivity contribution in [3.63, 3.8) is 0 Å². The molecule has 2 aromatic rings. The molecule has 0 aliphatic heterocycles. The van der Waals surface area contributed by atoms with Crippen LogP contribution in [0.2, 0.25) is 0 Å². The van der Waals surface area contributed by atoms with E-state index in [4.69, 9.17) is 0 Å². The first kappa shape index (κ1) is 11.1. The second-order valence-corrected chi connectivity index (χ2v) is 3.54. The van der Waals surface area contributed by atoms with Gasteiger partial charge in [0.05, 0.1) is 11.3 Å². The van der Waals surface area contributed by atoms with Crippen molar-refractivity contribution in [3.8, 4) is 5.69 Å². The normalized spacial score (nSPS) is 10.2. The van der Waals surface area contributed by atoms with Crippen LogP contribution in [0.5, 0.6) is 0 Å². The Morgan fingerprint density at radius 2 is 1.82 bits per heavy atom.